The van der Waals surface area contributed by atoms with E-state index in [0.717, 1.165) is 5.75 Å². The molecule has 0 bridgehead atoms. The lowest BCUT2D eigenvalue weighted by Crippen LogP contribution is -2.33. The van der Waals surface area contributed by atoms with Gasteiger partial charge >= 0.3 is 0 Å². The van der Waals surface area contributed by atoms with Gasteiger partial charge in [-0.25, -0.2) is 4.99 Å². The highest BCUT2D eigenvalue weighted by molar-refractivity contribution is 8.15. The molecule has 1 aliphatic rings. The van der Waals surface area contributed by atoms with Crippen LogP contribution in [0.4, 0.5) is 11.4 Å². The van der Waals surface area contributed by atoms with Gasteiger partial charge in [0.25, 0.3) is 0 Å². The van der Waals surface area contributed by atoms with Gasteiger partial charge in [-0.15, -0.1) is 0 Å². The Morgan fingerprint density at radius 1 is 1.09 bits per heavy atom. The van der Waals surface area contributed by atoms with E-state index in [1.165, 1.54) is 11.8 Å². The van der Waals surface area contributed by atoms with Crippen LogP contribution in [0.25, 0.3) is 0 Å². The highest BCUT2D eigenvalue weighted by Crippen LogP contribution is 2.36. The first-order valence-corrected chi connectivity index (χ1v) is 11.2. The minimum Gasteiger partial charge on any atom is -0.497 e. The number of hydrogen-bond acceptors (Lipinski definition) is 7. The van der Waals surface area contributed by atoms with Gasteiger partial charge in [0.05, 0.1) is 20.8 Å². The number of anilines is 1. The molecule has 9 heteroatoms. The van der Waals surface area contributed by atoms with Crippen LogP contribution in [-0.2, 0) is 9.59 Å². The lowest BCUT2D eigenvalue weighted by Gasteiger charge is -2.14. The number of thioether (sulfide) groups is 1. The third-order valence-corrected chi connectivity index (χ3v) is 5.93. The number of benzene rings is 2. The third kappa shape index (κ3) is 5.53. The lowest BCUT2D eigenvalue weighted by atomic mass is 10.2. The molecule has 0 radical (unpaired) electrons. The highest BCUT2D eigenvalue weighted by atomic mass is 32.2. The second-order valence-electron chi connectivity index (χ2n) is 6.83. The Kier molecular flexibility index (Phi) is 7.99. The molecule has 170 valence electrons. The number of rotatable bonds is 9. The van der Waals surface area contributed by atoms with Gasteiger partial charge in [0.1, 0.15) is 28.2 Å². The molecule has 0 saturated carbocycles. The van der Waals surface area contributed by atoms with Crippen LogP contribution in [0.2, 0.25) is 0 Å². The van der Waals surface area contributed by atoms with E-state index >= 15 is 0 Å². The summed E-state index contributed by atoms with van der Waals surface area (Å²) in [4.78, 5) is 31.6. The standard InChI is InChI=1S/C23H27N3O5S/c1-5-26-22(28)20(14-21(27)24-15-7-9-16(10-8-15)31-6-2)32-23(26)25-18-12-11-17(29-3)13-19(18)30-4/h7-13,20H,5-6,14H2,1-4H3,(H,24,27)/t20-/m1/s1. The predicted octanol–water partition coefficient (Wildman–Crippen LogP) is 4.08. The summed E-state index contributed by atoms with van der Waals surface area (Å²) in [5, 5.41) is 2.84. The SMILES string of the molecule is CCOc1ccc(NC(=O)C[C@H]2SC(=Nc3ccc(OC)cc3OC)N(CC)C2=O)cc1. The van der Waals surface area contributed by atoms with Crippen LogP contribution in [0.3, 0.4) is 0 Å². The average molecular weight is 458 g/mol. The largest absolute Gasteiger partial charge is 0.497 e. The maximum absolute atomic E-state index is 12.9. The predicted molar refractivity (Wildman–Crippen MR) is 126 cm³/mol. The zero-order valence-electron chi connectivity index (χ0n) is 18.6. The monoisotopic (exact) mass is 457 g/mol. The molecule has 0 unspecified atom stereocenters. The van der Waals surface area contributed by atoms with Crippen LogP contribution in [0.15, 0.2) is 47.5 Å². The van der Waals surface area contributed by atoms with Crippen LogP contribution in [0.5, 0.6) is 17.2 Å². The molecule has 2 amide bonds. The fourth-order valence-corrected chi connectivity index (χ4v) is 4.39. The Morgan fingerprint density at radius 2 is 1.81 bits per heavy atom. The maximum Gasteiger partial charge on any atom is 0.242 e. The van der Waals surface area contributed by atoms with E-state index in [1.54, 1.807) is 61.6 Å². The van der Waals surface area contributed by atoms with Gasteiger partial charge < -0.3 is 19.5 Å². The van der Waals surface area contributed by atoms with Gasteiger partial charge in [-0.2, -0.15) is 0 Å². The van der Waals surface area contributed by atoms with Crippen molar-refractivity contribution in [2.24, 2.45) is 4.99 Å². The molecule has 1 atom stereocenters. The molecule has 2 aromatic rings. The van der Waals surface area contributed by atoms with Crippen molar-refractivity contribution >= 4 is 40.1 Å². The van der Waals surface area contributed by atoms with Crippen LogP contribution in [0, 0.1) is 0 Å². The van der Waals surface area contributed by atoms with Crippen molar-refractivity contribution in [1.82, 2.24) is 4.90 Å². The molecule has 3 rings (SSSR count). The molecule has 8 nitrogen and oxygen atoms in total. The van der Waals surface area contributed by atoms with E-state index < -0.39 is 5.25 Å². The lowest BCUT2D eigenvalue weighted by molar-refractivity contribution is -0.128. The summed E-state index contributed by atoms with van der Waals surface area (Å²) in [6, 6.07) is 12.4. The molecule has 2 aromatic carbocycles. The number of ether oxygens (including phenoxy) is 3. The van der Waals surface area contributed by atoms with Crippen molar-refractivity contribution in [1.29, 1.82) is 0 Å². The maximum atomic E-state index is 12.9. The van der Waals surface area contributed by atoms with E-state index in [1.807, 2.05) is 13.8 Å². The zero-order chi connectivity index (χ0) is 23.1. The first kappa shape index (κ1) is 23.5. The molecule has 1 aliphatic heterocycles. The van der Waals surface area contributed by atoms with E-state index in [2.05, 4.69) is 10.3 Å². The molecule has 32 heavy (non-hydrogen) atoms. The number of methoxy groups -OCH3 is 2. The van der Waals surface area contributed by atoms with E-state index in [0.29, 0.717) is 41.2 Å². The minimum absolute atomic E-state index is 0.0476. The van der Waals surface area contributed by atoms with Gasteiger partial charge in [0.2, 0.25) is 11.8 Å². The van der Waals surface area contributed by atoms with Crippen molar-refractivity contribution in [3.05, 3.63) is 42.5 Å². The Bertz CT molecular complexity index is 994. The number of carbonyl (C=O) groups excluding carboxylic acids is 2. The summed E-state index contributed by atoms with van der Waals surface area (Å²) in [6.45, 7) is 4.82. The second kappa shape index (κ2) is 10.9. The van der Waals surface area contributed by atoms with Crippen LogP contribution in [-0.4, -0.2) is 54.5 Å². The number of amidine groups is 1. The first-order chi connectivity index (χ1) is 15.5. The fourth-order valence-electron chi connectivity index (χ4n) is 3.18. The Balaban J connectivity index is 1.71. The number of nitrogens with zero attached hydrogens (tertiary/aromatic N) is 2. The quantitative estimate of drug-likeness (QED) is 0.610. The zero-order valence-corrected chi connectivity index (χ0v) is 19.4. The third-order valence-electron chi connectivity index (χ3n) is 4.76. The highest BCUT2D eigenvalue weighted by Gasteiger charge is 2.38. The van der Waals surface area contributed by atoms with Crippen molar-refractivity contribution in [3.63, 3.8) is 0 Å². The summed E-state index contributed by atoms with van der Waals surface area (Å²) in [7, 11) is 3.13. The topological polar surface area (TPSA) is 89.5 Å². The van der Waals surface area contributed by atoms with Gasteiger partial charge in [0, 0.05) is 24.7 Å². The fraction of sp³-hybridized carbons (Fsp3) is 0.348. The van der Waals surface area contributed by atoms with E-state index in [9.17, 15) is 9.59 Å². The Labute approximate surface area is 191 Å². The van der Waals surface area contributed by atoms with Crippen molar-refractivity contribution < 1.29 is 23.8 Å². The molecule has 1 heterocycles. The first-order valence-electron chi connectivity index (χ1n) is 10.3. The summed E-state index contributed by atoms with van der Waals surface area (Å²) in [5.41, 5.74) is 1.24. The molecule has 1 N–H and O–H groups in total. The molecule has 1 fully saturated rings. The van der Waals surface area contributed by atoms with E-state index in [-0.39, 0.29) is 18.2 Å². The van der Waals surface area contributed by atoms with Crippen molar-refractivity contribution in [2.75, 3.05) is 32.7 Å². The summed E-state index contributed by atoms with van der Waals surface area (Å²) < 4.78 is 16.0. The minimum atomic E-state index is -0.541. The molecule has 1 saturated heterocycles. The molecular weight excluding hydrogens is 430 g/mol. The second-order valence-corrected chi connectivity index (χ2v) is 8.00. The van der Waals surface area contributed by atoms with Crippen LogP contribution in [0.1, 0.15) is 20.3 Å². The number of hydrogen-bond donors (Lipinski definition) is 1. The normalized spacial score (nSPS) is 16.9. The molecule has 0 spiro atoms. The summed E-state index contributed by atoms with van der Waals surface area (Å²) >= 11 is 1.28. The smallest absolute Gasteiger partial charge is 0.242 e. The Morgan fingerprint density at radius 3 is 2.44 bits per heavy atom. The summed E-state index contributed by atoms with van der Waals surface area (Å²) in [5.74, 6) is 1.56. The average Bonchev–Trinajstić information content (AvgIpc) is 3.09. The number of amides is 2. The van der Waals surface area contributed by atoms with Gasteiger partial charge in [-0.3, -0.25) is 14.5 Å². The van der Waals surface area contributed by atoms with Gasteiger partial charge in [-0.05, 0) is 50.2 Å². The van der Waals surface area contributed by atoms with Crippen LogP contribution >= 0.6 is 11.8 Å². The van der Waals surface area contributed by atoms with Crippen LogP contribution < -0.4 is 19.5 Å². The molecular formula is C23H27N3O5S. The number of carbonyl (C=O) groups is 2. The molecule has 0 aliphatic carbocycles. The van der Waals surface area contributed by atoms with Gasteiger partial charge in [0.15, 0.2) is 5.17 Å². The van der Waals surface area contributed by atoms with Crippen molar-refractivity contribution in [3.8, 4) is 17.2 Å². The van der Waals surface area contributed by atoms with Gasteiger partial charge in [-0.1, -0.05) is 11.8 Å². The Hall–Kier alpha value is -3.20. The van der Waals surface area contributed by atoms with E-state index in [4.69, 9.17) is 14.2 Å². The number of aliphatic imine (C=N–C) groups is 1. The number of nitrogens with one attached hydrogen (secondary N) is 1. The van der Waals surface area contributed by atoms with Crippen molar-refractivity contribution in [2.45, 2.75) is 25.5 Å². The summed E-state index contributed by atoms with van der Waals surface area (Å²) in [6.07, 6.45) is 0.0476. The molecule has 0 aromatic heterocycles.